The Hall–Kier alpha value is -0.300. The van der Waals surface area contributed by atoms with Crippen molar-refractivity contribution in [2.24, 2.45) is 52.3 Å². The highest BCUT2D eigenvalue weighted by Gasteiger charge is 2.58. The molecule has 0 aromatic rings. The minimum Gasteiger partial charge on any atom is -0.393 e. The fourth-order valence-corrected chi connectivity index (χ4v) is 8.53. The zero-order valence-corrected chi connectivity index (χ0v) is 20.2. The summed E-state index contributed by atoms with van der Waals surface area (Å²) in [7, 11) is 0. The number of fused-ring (bicyclic) bond motifs is 5. The van der Waals surface area contributed by atoms with Crippen LogP contribution in [0.2, 0.25) is 0 Å². The molecule has 1 heteroatoms. The van der Waals surface area contributed by atoms with Crippen LogP contribution in [-0.4, -0.2) is 11.2 Å². The molecule has 0 spiro atoms. The summed E-state index contributed by atoms with van der Waals surface area (Å²) in [6.45, 7) is 15.1. The van der Waals surface area contributed by atoms with Gasteiger partial charge in [0, 0.05) is 0 Å². The van der Waals surface area contributed by atoms with Gasteiger partial charge in [-0.3, -0.25) is 0 Å². The molecule has 1 nitrogen and oxygen atoms in total. The highest BCUT2D eigenvalue weighted by molar-refractivity contribution is 5.27. The number of rotatable bonds is 5. The maximum Gasteiger partial charge on any atom is 0.0543 e. The van der Waals surface area contributed by atoms with Crippen molar-refractivity contribution in [1.29, 1.82) is 0 Å². The maximum absolute atomic E-state index is 10.2. The van der Waals surface area contributed by atoms with Crippen LogP contribution >= 0.6 is 0 Å². The van der Waals surface area contributed by atoms with E-state index >= 15 is 0 Å². The number of allylic oxidation sites excluding steroid dienone is 2. The van der Waals surface area contributed by atoms with Crippen LogP contribution in [0.5, 0.6) is 0 Å². The topological polar surface area (TPSA) is 20.2 Å². The largest absolute Gasteiger partial charge is 0.393 e. The minimum absolute atomic E-state index is 0.0400. The van der Waals surface area contributed by atoms with Gasteiger partial charge in [0.05, 0.1) is 6.10 Å². The van der Waals surface area contributed by atoms with E-state index in [1.54, 1.807) is 0 Å². The van der Waals surface area contributed by atoms with E-state index in [2.05, 4.69) is 47.6 Å². The van der Waals surface area contributed by atoms with Gasteiger partial charge in [-0.15, -0.1) is 0 Å². The lowest BCUT2D eigenvalue weighted by Gasteiger charge is -2.57. The number of aliphatic hydroxyl groups excluding tert-OH is 1. The van der Waals surface area contributed by atoms with Crippen molar-refractivity contribution < 1.29 is 5.11 Å². The molecule has 0 amide bonds. The molecular weight excluding hydrogens is 352 g/mol. The molecule has 0 radical (unpaired) electrons. The molecule has 0 aromatic heterocycles. The van der Waals surface area contributed by atoms with Gasteiger partial charge in [-0.25, -0.2) is 0 Å². The fourth-order valence-electron chi connectivity index (χ4n) is 8.53. The highest BCUT2D eigenvalue weighted by Crippen LogP contribution is 2.67. The van der Waals surface area contributed by atoms with Gasteiger partial charge in [0.15, 0.2) is 0 Å². The Balaban J connectivity index is 1.50. The van der Waals surface area contributed by atoms with Crippen LogP contribution in [0.1, 0.15) is 106 Å². The third-order valence-corrected chi connectivity index (χ3v) is 11.0. The number of hydrogen-bond acceptors (Lipinski definition) is 1. The van der Waals surface area contributed by atoms with Gasteiger partial charge >= 0.3 is 0 Å². The Morgan fingerprint density at radius 2 is 1.62 bits per heavy atom. The molecule has 1 unspecified atom stereocenters. The summed E-state index contributed by atoms with van der Waals surface area (Å²) in [6.07, 6.45) is 15.8. The lowest BCUT2D eigenvalue weighted by Crippen LogP contribution is -2.49. The first-order valence-electron chi connectivity index (χ1n) is 13.0. The summed E-state index contributed by atoms with van der Waals surface area (Å²) in [6, 6.07) is 0. The summed E-state index contributed by atoms with van der Waals surface area (Å²) in [5.41, 5.74) is 2.88. The molecule has 3 fully saturated rings. The Bertz CT molecular complexity index is 620. The van der Waals surface area contributed by atoms with Crippen LogP contribution in [0, 0.1) is 52.3 Å². The highest BCUT2D eigenvalue weighted by atomic mass is 16.3. The van der Waals surface area contributed by atoms with E-state index < -0.39 is 0 Å². The fraction of sp³-hybridized carbons (Fsp3) is 0.929. The first-order valence-corrected chi connectivity index (χ1v) is 13.0. The average Bonchev–Trinajstić information content (AvgIpc) is 3.03. The summed E-state index contributed by atoms with van der Waals surface area (Å²) in [5.74, 6) is 5.85. The van der Waals surface area contributed by atoms with Gasteiger partial charge in [0.25, 0.3) is 0 Å². The quantitative estimate of drug-likeness (QED) is 0.470. The van der Waals surface area contributed by atoms with E-state index in [1.807, 2.05) is 5.57 Å². The molecule has 3 saturated carbocycles. The third kappa shape index (κ3) is 3.66. The number of hydrogen-bond donors (Lipinski definition) is 1. The summed E-state index contributed by atoms with van der Waals surface area (Å²) in [5, 5.41) is 10.2. The van der Waals surface area contributed by atoms with Crippen molar-refractivity contribution in [1.82, 2.24) is 0 Å². The van der Waals surface area contributed by atoms with Gasteiger partial charge in [0.2, 0.25) is 0 Å². The average molecular weight is 401 g/mol. The van der Waals surface area contributed by atoms with E-state index in [0.717, 1.165) is 54.3 Å². The van der Waals surface area contributed by atoms with E-state index in [0.29, 0.717) is 10.8 Å². The standard InChI is InChI=1S/C28H48O/c1-18(2)19(3)7-8-20(4)24-11-12-25-23-10-9-21-17-22(29)13-15-27(21,5)26(23)14-16-28(24,25)6/h10,18-22,24-26,29H,7-9,11-17H2,1-6H3/t19-,20+,21?,22-,24+,25-,26-,27-,28+/m0/s1. The lowest BCUT2D eigenvalue weighted by molar-refractivity contribution is -0.0428. The van der Waals surface area contributed by atoms with Gasteiger partial charge in [-0.05, 0) is 104 Å². The maximum atomic E-state index is 10.2. The van der Waals surface area contributed by atoms with E-state index in [1.165, 1.54) is 51.4 Å². The van der Waals surface area contributed by atoms with Gasteiger partial charge in [-0.1, -0.05) is 66.0 Å². The predicted octanol–water partition coefficient (Wildman–Crippen LogP) is 7.63. The molecule has 0 aromatic carbocycles. The molecule has 166 valence electrons. The molecule has 0 aliphatic heterocycles. The Morgan fingerprint density at radius 3 is 2.34 bits per heavy atom. The Labute approximate surface area is 181 Å². The number of aliphatic hydroxyl groups is 1. The monoisotopic (exact) mass is 400 g/mol. The van der Waals surface area contributed by atoms with E-state index in [-0.39, 0.29) is 6.10 Å². The van der Waals surface area contributed by atoms with Crippen molar-refractivity contribution in [2.75, 3.05) is 0 Å². The third-order valence-electron chi connectivity index (χ3n) is 11.0. The summed E-state index contributed by atoms with van der Waals surface area (Å²) >= 11 is 0. The molecule has 1 N–H and O–H groups in total. The Kier molecular flexibility index (Phi) is 6.04. The van der Waals surface area contributed by atoms with Crippen molar-refractivity contribution in [3.05, 3.63) is 11.6 Å². The first-order chi connectivity index (χ1) is 13.7. The lowest BCUT2D eigenvalue weighted by atomic mass is 9.47. The van der Waals surface area contributed by atoms with Crippen molar-refractivity contribution in [3.63, 3.8) is 0 Å². The SMILES string of the molecule is CC(C)[C@@H](C)CC[C@@H](C)[C@H]1CC[C@H]2C3=CCC4C[C@@H](O)CC[C@]4(C)[C@H]3CC[C@]12C. The van der Waals surface area contributed by atoms with Crippen LogP contribution in [-0.2, 0) is 0 Å². The summed E-state index contributed by atoms with van der Waals surface area (Å²) in [4.78, 5) is 0. The molecule has 0 bridgehead atoms. The van der Waals surface area contributed by atoms with Crippen molar-refractivity contribution in [2.45, 2.75) is 112 Å². The van der Waals surface area contributed by atoms with Crippen LogP contribution in [0.15, 0.2) is 11.6 Å². The normalized spacial score (nSPS) is 46.5. The molecule has 0 saturated heterocycles. The van der Waals surface area contributed by atoms with Crippen LogP contribution in [0.25, 0.3) is 0 Å². The first kappa shape index (κ1) is 21.9. The van der Waals surface area contributed by atoms with Crippen LogP contribution in [0.4, 0.5) is 0 Å². The van der Waals surface area contributed by atoms with Gasteiger partial charge in [-0.2, -0.15) is 0 Å². The minimum atomic E-state index is -0.0400. The van der Waals surface area contributed by atoms with E-state index in [4.69, 9.17) is 0 Å². The van der Waals surface area contributed by atoms with Gasteiger partial charge < -0.3 is 5.11 Å². The van der Waals surface area contributed by atoms with E-state index in [9.17, 15) is 5.11 Å². The second kappa shape index (κ2) is 7.99. The zero-order chi connectivity index (χ0) is 21.0. The van der Waals surface area contributed by atoms with Gasteiger partial charge in [0.1, 0.15) is 0 Å². The van der Waals surface area contributed by atoms with Crippen LogP contribution in [0.3, 0.4) is 0 Å². The molecule has 4 aliphatic carbocycles. The van der Waals surface area contributed by atoms with Crippen LogP contribution < -0.4 is 0 Å². The van der Waals surface area contributed by atoms with Crippen molar-refractivity contribution >= 4 is 0 Å². The molecule has 29 heavy (non-hydrogen) atoms. The molecule has 9 atom stereocenters. The molecule has 4 rings (SSSR count). The molecule has 4 aliphatic rings. The molecular formula is C28H48O. The second-order valence-corrected chi connectivity index (χ2v) is 12.7. The summed E-state index contributed by atoms with van der Waals surface area (Å²) < 4.78 is 0. The Morgan fingerprint density at radius 1 is 0.931 bits per heavy atom. The smallest absolute Gasteiger partial charge is 0.0543 e. The second-order valence-electron chi connectivity index (χ2n) is 12.7. The predicted molar refractivity (Wildman–Crippen MR) is 124 cm³/mol. The van der Waals surface area contributed by atoms with Crippen molar-refractivity contribution in [3.8, 4) is 0 Å². The zero-order valence-electron chi connectivity index (χ0n) is 20.2. The molecule has 0 heterocycles.